The Hall–Kier alpha value is -2.84. The molecule has 2 amide bonds. The van der Waals surface area contributed by atoms with E-state index in [0.717, 1.165) is 38.3 Å². The molecule has 2 N–H and O–H groups in total. The van der Waals surface area contributed by atoms with Crippen LogP contribution in [-0.4, -0.2) is 74.3 Å². The topological polar surface area (TPSA) is 83.1 Å². The Morgan fingerprint density at radius 3 is 2.55 bits per heavy atom. The second-order valence-electron chi connectivity index (χ2n) is 7.48. The van der Waals surface area contributed by atoms with Gasteiger partial charge in [-0.25, -0.2) is 9.59 Å². The Morgan fingerprint density at radius 1 is 1.16 bits per heavy atom. The van der Waals surface area contributed by atoms with E-state index in [2.05, 4.69) is 27.0 Å². The minimum Gasteiger partial charge on any atom is -0.494 e. The summed E-state index contributed by atoms with van der Waals surface area (Å²) in [5.41, 5.74) is 1.73. The zero-order valence-electron chi connectivity index (χ0n) is 18.4. The molecule has 2 aliphatic rings. The van der Waals surface area contributed by atoms with Gasteiger partial charge in [0.15, 0.2) is 0 Å². The van der Waals surface area contributed by atoms with Crippen LogP contribution in [0.4, 0.5) is 4.79 Å². The van der Waals surface area contributed by atoms with E-state index < -0.39 is 12.0 Å². The lowest BCUT2D eigenvalue weighted by atomic mass is 9.94. The molecular weight excluding hydrogens is 396 g/mol. The van der Waals surface area contributed by atoms with Crippen molar-refractivity contribution in [2.75, 3.05) is 52.5 Å². The van der Waals surface area contributed by atoms with Gasteiger partial charge < -0.3 is 20.1 Å². The predicted molar refractivity (Wildman–Crippen MR) is 119 cm³/mol. The van der Waals surface area contributed by atoms with E-state index in [1.807, 2.05) is 37.3 Å². The Morgan fingerprint density at radius 2 is 1.87 bits per heavy atom. The van der Waals surface area contributed by atoms with Crippen LogP contribution in [0.25, 0.3) is 0 Å². The van der Waals surface area contributed by atoms with Gasteiger partial charge in [0.05, 0.1) is 24.8 Å². The number of carbonyl (C=O) groups is 2. The van der Waals surface area contributed by atoms with Gasteiger partial charge in [-0.3, -0.25) is 9.80 Å². The van der Waals surface area contributed by atoms with Gasteiger partial charge in [-0.2, -0.15) is 0 Å². The maximum absolute atomic E-state index is 13.0. The number of nitrogens with zero attached hydrogens (tertiary/aromatic N) is 2. The first-order chi connectivity index (χ1) is 15.1. The second-order valence-corrected chi connectivity index (χ2v) is 7.48. The number of hydrogen-bond acceptors (Lipinski definition) is 6. The van der Waals surface area contributed by atoms with Crippen LogP contribution in [0.2, 0.25) is 0 Å². The monoisotopic (exact) mass is 428 g/mol. The predicted octanol–water partition coefficient (Wildman–Crippen LogP) is 2.06. The Kier molecular flexibility index (Phi) is 8.08. The Labute approximate surface area is 183 Å². The first kappa shape index (κ1) is 22.8. The SMILES string of the molecule is C=CCN1CCN(CC2=C(C(=O)OCC)[C@H](c3ccccc3OCC)NC(=O)N2)CC1. The number of hydrogen-bond donors (Lipinski definition) is 2. The van der Waals surface area contributed by atoms with Crippen molar-refractivity contribution in [3.05, 3.63) is 53.8 Å². The van der Waals surface area contributed by atoms with Crippen molar-refractivity contribution in [2.45, 2.75) is 19.9 Å². The van der Waals surface area contributed by atoms with Crippen molar-refractivity contribution < 1.29 is 19.1 Å². The summed E-state index contributed by atoms with van der Waals surface area (Å²) in [5, 5.41) is 5.74. The highest BCUT2D eigenvalue weighted by atomic mass is 16.5. The summed E-state index contributed by atoms with van der Waals surface area (Å²) >= 11 is 0. The molecule has 1 aromatic carbocycles. The van der Waals surface area contributed by atoms with E-state index in [-0.39, 0.29) is 12.6 Å². The van der Waals surface area contributed by atoms with Gasteiger partial charge in [0.1, 0.15) is 5.75 Å². The van der Waals surface area contributed by atoms with E-state index in [4.69, 9.17) is 9.47 Å². The van der Waals surface area contributed by atoms with Gasteiger partial charge in [-0.05, 0) is 19.9 Å². The molecule has 0 aromatic heterocycles. The molecule has 0 saturated carbocycles. The molecule has 3 rings (SSSR count). The Balaban J connectivity index is 1.92. The van der Waals surface area contributed by atoms with E-state index in [1.54, 1.807) is 6.92 Å². The summed E-state index contributed by atoms with van der Waals surface area (Å²) in [6, 6.07) is 6.46. The number of rotatable bonds is 9. The zero-order valence-corrected chi connectivity index (χ0v) is 18.4. The van der Waals surface area contributed by atoms with Crippen LogP contribution in [0.15, 0.2) is 48.2 Å². The first-order valence-electron chi connectivity index (χ1n) is 10.8. The number of para-hydroxylation sites is 1. The number of benzene rings is 1. The fourth-order valence-electron chi connectivity index (χ4n) is 3.97. The van der Waals surface area contributed by atoms with Gasteiger partial charge in [-0.15, -0.1) is 6.58 Å². The van der Waals surface area contributed by atoms with Crippen LogP contribution in [-0.2, 0) is 9.53 Å². The van der Waals surface area contributed by atoms with Crippen molar-refractivity contribution >= 4 is 12.0 Å². The average molecular weight is 429 g/mol. The molecule has 0 radical (unpaired) electrons. The largest absolute Gasteiger partial charge is 0.494 e. The van der Waals surface area contributed by atoms with Crippen molar-refractivity contribution in [3.8, 4) is 5.75 Å². The number of amides is 2. The van der Waals surface area contributed by atoms with Crippen LogP contribution >= 0.6 is 0 Å². The number of urea groups is 1. The third-order valence-electron chi connectivity index (χ3n) is 5.41. The molecule has 1 saturated heterocycles. The fraction of sp³-hybridized carbons (Fsp3) is 0.478. The van der Waals surface area contributed by atoms with Crippen LogP contribution < -0.4 is 15.4 Å². The highest BCUT2D eigenvalue weighted by Gasteiger charge is 2.36. The number of piperazine rings is 1. The minimum atomic E-state index is -0.646. The van der Waals surface area contributed by atoms with E-state index >= 15 is 0 Å². The minimum absolute atomic E-state index is 0.254. The third-order valence-corrected chi connectivity index (χ3v) is 5.41. The maximum Gasteiger partial charge on any atom is 0.338 e. The van der Waals surface area contributed by atoms with Crippen molar-refractivity contribution in [2.24, 2.45) is 0 Å². The number of nitrogens with one attached hydrogen (secondary N) is 2. The van der Waals surface area contributed by atoms with Gasteiger partial charge >= 0.3 is 12.0 Å². The molecule has 1 aromatic rings. The smallest absolute Gasteiger partial charge is 0.338 e. The molecule has 0 unspecified atom stereocenters. The molecule has 31 heavy (non-hydrogen) atoms. The van der Waals surface area contributed by atoms with Crippen molar-refractivity contribution in [3.63, 3.8) is 0 Å². The quantitative estimate of drug-likeness (QED) is 0.463. The lowest BCUT2D eigenvalue weighted by molar-refractivity contribution is -0.139. The molecule has 8 nitrogen and oxygen atoms in total. The fourth-order valence-corrected chi connectivity index (χ4v) is 3.97. The summed E-state index contributed by atoms with van der Waals surface area (Å²) in [7, 11) is 0. The molecular formula is C23H32N4O4. The van der Waals surface area contributed by atoms with Gasteiger partial charge in [0.25, 0.3) is 0 Å². The van der Waals surface area contributed by atoms with Crippen LogP contribution in [0.1, 0.15) is 25.5 Å². The van der Waals surface area contributed by atoms with Crippen LogP contribution in [0.3, 0.4) is 0 Å². The van der Waals surface area contributed by atoms with Gasteiger partial charge in [0.2, 0.25) is 0 Å². The lowest BCUT2D eigenvalue weighted by Crippen LogP contribution is -2.51. The standard InChI is InChI=1S/C23H32N4O4/c1-4-11-26-12-14-27(15-13-26)16-18-20(22(28)31-6-3)21(25-23(29)24-18)17-9-7-8-10-19(17)30-5-2/h4,7-10,21H,1,5-6,11-16H2,2-3H3,(H2,24,25,29)/t21-/m0/s1. The molecule has 8 heteroatoms. The molecule has 2 aliphatic heterocycles. The summed E-state index contributed by atoms with van der Waals surface area (Å²) in [4.78, 5) is 30.1. The molecule has 0 spiro atoms. The number of ether oxygens (including phenoxy) is 2. The molecule has 0 bridgehead atoms. The first-order valence-corrected chi connectivity index (χ1v) is 10.8. The number of carbonyl (C=O) groups excluding carboxylic acids is 2. The maximum atomic E-state index is 13.0. The van der Waals surface area contributed by atoms with Crippen LogP contribution in [0.5, 0.6) is 5.75 Å². The average Bonchev–Trinajstić information content (AvgIpc) is 2.76. The van der Waals surface area contributed by atoms with Crippen LogP contribution in [0, 0.1) is 0 Å². The summed E-state index contributed by atoms with van der Waals surface area (Å²) in [6.45, 7) is 13.1. The van der Waals surface area contributed by atoms with Gasteiger partial charge in [0, 0.05) is 50.5 Å². The molecule has 1 fully saturated rings. The second kappa shape index (κ2) is 11.0. The van der Waals surface area contributed by atoms with E-state index in [0.29, 0.717) is 30.2 Å². The molecule has 2 heterocycles. The molecule has 1 atom stereocenters. The highest BCUT2D eigenvalue weighted by molar-refractivity contribution is 5.95. The lowest BCUT2D eigenvalue weighted by Gasteiger charge is -2.36. The van der Waals surface area contributed by atoms with Crippen molar-refractivity contribution in [1.29, 1.82) is 0 Å². The highest BCUT2D eigenvalue weighted by Crippen LogP contribution is 2.34. The van der Waals surface area contributed by atoms with Crippen molar-refractivity contribution in [1.82, 2.24) is 20.4 Å². The number of esters is 1. The zero-order chi connectivity index (χ0) is 22.2. The molecule has 0 aliphatic carbocycles. The molecule has 168 valence electrons. The summed E-state index contributed by atoms with van der Waals surface area (Å²) in [6.07, 6.45) is 1.91. The summed E-state index contributed by atoms with van der Waals surface area (Å²) in [5.74, 6) is 0.197. The third kappa shape index (κ3) is 5.65. The summed E-state index contributed by atoms with van der Waals surface area (Å²) < 4.78 is 11.1. The normalized spacial score (nSPS) is 20.1. The van der Waals surface area contributed by atoms with Gasteiger partial charge in [-0.1, -0.05) is 24.3 Å². The Bertz CT molecular complexity index is 831. The van der Waals surface area contributed by atoms with E-state index in [1.165, 1.54) is 0 Å². The van der Waals surface area contributed by atoms with E-state index in [9.17, 15) is 9.59 Å².